The summed E-state index contributed by atoms with van der Waals surface area (Å²) in [5.74, 6) is 0.631. The van der Waals surface area contributed by atoms with Crippen molar-refractivity contribution in [1.29, 1.82) is 0 Å². The van der Waals surface area contributed by atoms with Crippen molar-refractivity contribution in [2.75, 3.05) is 4.90 Å². The Labute approximate surface area is 317 Å². The van der Waals surface area contributed by atoms with E-state index < -0.39 is 0 Å². The highest BCUT2D eigenvalue weighted by molar-refractivity contribution is 6.18. The van der Waals surface area contributed by atoms with E-state index in [2.05, 4.69) is 157 Å². The summed E-state index contributed by atoms with van der Waals surface area (Å²) in [4.78, 5) is 7.21. The van der Waals surface area contributed by atoms with E-state index in [4.69, 9.17) is 13.8 Å². The lowest BCUT2D eigenvalue weighted by atomic mass is 9.96. The van der Waals surface area contributed by atoms with Gasteiger partial charge in [-0.1, -0.05) is 121 Å². The summed E-state index contributed by atoms with van der Waals surface area (Å²) in [5.41, 5.74) is 12.2. The molecule has 11 aromatic rings. The van der Waals surface area contributed by atoms with Gasteiger partial charge in [-0.05, 0) is 106 Å². The van der Waals surface area contributed by atoms with Crippen LogP contribution in [0.25, 0.3) is 88.3 Å². The van der Waals surface area contributed by atoms with E-state index in [0.29, 0.717) is 5.89 Å². The van der Waals surface area contributed by atoms with Crippen LogP contribution in [0.5, 0.6) is 0 Å². The lowest BCUT2D eigenvalue weighted by Crippen LogP contribution is -2.11. The molecular weight excluding hydrogens is 673 g/mol. The first-order valence-corrected chi connectivity index (χ1v) is 18.5. The van der Waals surface area contributed by atoms with E-state index >= 15 is 0 Å². The van der Waals surface area contributed by atoms with Gasteiger partial charge >= 0.3 is 0 Å². The first-order valence-electron chi connectivity index (χ1n) is 18.5. The number of fused-ring (bicyclic) bond motifs is 8. The van der Waals surface area contributed by atoms with Crippen molar-refractivity contribution in [2.45, 2.75) is 0 Å². The molecule has 258 valence electrons. The molecule has 55 heavy (non-hydrogen) atoms. The van der Waals surface area contributed by atoms with Crippen LogP contribution in [-0.4, -0.2) is 4.98 Å². The van der Waals surface area contributed by atoms with Gasteiger partial charge in [-0.25, -0.2) is 4.98 Å². The molecule has 2 aromatic heterocycles. The molecule has 0 amide bonds. The highest BCUT2D eigenvalue weighted by Crippen LogP contribution is 2.43. The minimum Gasteiger partial charge on any atom is -0.456 e. The Morgan fingerprint density at radius 1 is 0.400 bits per heavy atom. The Morgan fingerprint density at radius 2 is 1.04 bits per heavy atom. The second-order valence-electron chi connectivity index (χ2n) is 13.9. The molecule has 0 atom stereocenters. The number of furan rings is 1. The maximum absolute atomic E-state index is 6.50. The van der Waals surface area contributed by atoms with Crippen molar-refractivity contribution < 1.29 is 8.83 Å². The maximum atomic E-state index is 6.50. The summed E-state index contributed by atoms with van der Waals surface area (Å²) in [5, 5.41) is 6.74. The fourth-order valence-electron chi connectivity index (χ4n) is 8.02. The molecule has 0 unspecified atom stereocenters. The van der Waals surface area contributed by atoms with Gasteiger partial charge in [0.15, 0.2) is 5.58 Å². The monoisotopic (exact) mass is 704 g/mol. The molecule has 11 rings (SSSR count). The lowest BCUT2D eigenvalue weighted by Gasteiger charge is -2.28. The van der Waals surface area contributed by atoms with E-state index in [1.165, 1.54) is 0 Å². The minimum atomic E-state index is 0.631. The van der Waals surface area contributed by atoms with Gasteiger partial charge in [0.05, 0.1) is 5.69 Å². The first-order chi connectivity index (χ1) is 27.2. The van der Waals surface area contributed by atoms with Crippen LogP contribution in [0.4, 0.5) is 17.1 Å². The van der Waals surface area contributed by atoms with Gasteiger partial charge in [-0.15, -0.1) is 0 Å². The number of benzene rings is 9. The predicted molar refractivity (Wildman–Crippen MR) is 227 cm³/mol. The average Bonchev–Trinajstić information content (AvgIpc) is 3.87. The fourth-order valence-corrected chi connectivity index (χ4v) is 8.02. The SMILES string of the molecule is c1ccc(-c2nc3ccc4ccc5ccc(-c6ccc(N(c7ccccc7)c7ccccc7-c7ccc8oc9ccccc9c8c7)cc6)cc5c4c3o2)cc1. The van der Waals surface area contributed by atoms with Crippen LogP contribution >= 0.6 is 0 Å². The molecule has 4 nitrogen and oxygen atoms in total. The molecule has 4 heteroatoms. The number of rotatable bonds is 6. The third-order valence-corrected chi connectivity index (χ3v) is 10.7. The van der Waals surface area contributed by atoms with Crippen molar-refractivity contribution >= 4 is 71.6 Å². The van der Waals surface area contributed by atoms with Crippen molar-refractivity contribution in [1.82, 2.24) is 4.98 Å². The van der Waals surface area contributed by atoms with Gasteiger partial charge in [0.1, 0.15) is 16.7 Å². The number of hydrogen-bond acceptors (Lipinski definition) is 4. The Bertz CT molecular complexity index is 3200. The van der Waals surface area contributed by atoms with Crippen molar-refractivity contribution in [3.63, 3.8) is 0 Å². The van der Waals surface area contributed by atoms with Crippen LogP contribution in [0.2, 0.25) is 0 Å². The lowest BCUT2D eigenvalue weighted by molar-refractivity contribution is 0.623. The number of hydrogen-bond donors (Lipinski definition) is 0. The summed E-state index contributed by atoms with van der Waals surface area (Å²) in [7, 11) is 0. The van der Waals surface area contributed by atoms with Crippen molar-refractivity contribution in [3.8, 4) is 33.7 Å². The zero-order valence-electron chi connectivity index (χ0n) is 29.7. The van der Waals surface area contributed by atoms with Gasteiger partial charge in [-0.2, -0.15) is 0 Å². The summed E-state index contributed by atoms with van der Waals surface area (Å²) >= 11 is 0. The van der Waals surface area contributed by atoms with E-state index in [-0.39, 0.29) is 0 Å². The number of nitrogens with zero attached hydrogens (tertiary/aromatic N) is 2. The number of aromatic nitrogens is 1. The average molecular weight is 705 g/mol. The molecule has 0 saturated carbocycles. The van der Waals surface area contributed by atoms with Crippen LogP contribution in [0.15, 0.2) is 203 Å². The summed E-state index contributed by atoms with van der Waals surface area (Å²) in [6.07, 6.45) is 0. The quantitative estimate of drug-likeness (QED) is 0.162. The molecule has 0 fully saturated rings. The van der Waals surface area contributed by atoms with Gasteiger partial charge in [0.2, 0.25) is 5.89 Å². The van der Waals surface area contributed by atoms with Gasteiger partial charge in [0.25, 0.3) is 0 Å². The molecule has 0 saturated heterocycles. The standard InChI is InChI=1S/C51H32N2O2/c1-3-11-36(12-4-1)51-52-45-29-25-35-21-19-34-20-22-37(31-43(34)49(35)50(45)55-51)33-23-27-40(28-24-33)53(39-13-5-2-6-14-39)46-17-9-7-15-41(46)38-26-30-48-44(32-38)42-16-8-10-18-47(42)54-48/h1-32H. The molecule has 0 aliphatic carbocycles. The second kappa shape index (κ2) is 12.6. The number of anilines is 3. The largest absolute Gasteiger partial charge is 0.456 e. The van der Waals surface area contributed by atoms with Crippen molar-refractivity contribution in [3.05, 3.63) is 194 Å². The predicted octanol–water partition coefficient (Wildman–Crippen LogP) is 14.5. The first kappa shape index (κ1) is 31.1. The zero-order chi connectivity index (χ0) is 36.3. The van der Waals surface area contributed by atoms with Crippen LogP contribution in [0.1, 0.15) is 0 Å². The maximum Gasteiger partial charge on any atom is 0.227 e. The van der Waals surface area contributed by atoms with E-state index in [1.54, 1.807) is 0 Å². The molecule has 2 heterocycles. The Balaban J connectivity index is 1.01. The zero-order valence-corrected chi connectivity index (χ0v) is 29.7. The van der Waals surface area contributed by atoms with Crippen LogP contribution in [-0.2, 0) is 0 Å². The highest BCUT2D eigenvalue weighted by Gasteiger charge is 2.19. The topological polar surface area (TPSA) is 42.4 Å². The van der Waals surface area contributed by atoms with E-state index in [0.717, 1.165) is 99.5 Å². The number of para-hydroxylation sites is 3. The molecule has 0 bridgehead atoms. The normalized spacial score (nSPS) is 11.6. The fraction of sp³-hybridized carbons (Fsp3) is 0. The van der Waals surface area contributed by atoms with E-state index in [9.17, 15) is 0 Å². The Hall–Kier alpha value is -7.43. The van der Waals surface area contributed by atoms with Crippen LogP contribution in [0, 0.1) is 0 Å². The molecule has 0 radical (unpaired) electrons. The Kier molecular flexibility index (Phi) is 7.14. The summed E-state index contributed by atoms with van der Waals surface area (Å²) in [6, 6.07) is 68.2. The van der Waals surface area contributed by atoms with Gasteiger partial charge in [0, 0.05) is 38.7 Å². The molecule has 0 aliphatic heterocycles. The minimum absolute atomic E-state index is 0.631. The second-order valence-corrected chi connectivity index (χ2v) is 13.9. The third-order valence-electron chi connectivity index (χ3n) is 10.7. The summed E-state index contributed by atoms with van der Waals surface area (Å²) < 4.78 is 12.7. The van der Waals surface area contributed by atoms with Crippen LogP contribution in [0.3, 0.4) is 0 Å². The third kappa shape index (κ3) is 5.26. The molecular formula is C51H32N2O2. The summed E-state index contributed by atoms with van der Waals surface area (Å²) in [6.45, 7) is 0. The molecule has 0 N–H and O–H groups in total. The van der Waals surface area contributed by atoms with Crippen LogP contribution < -0.4 is 4.90 Å². The highest BCUT2D eigenvalue weighted by atomic mass is 16.3. The molecule has 9 aromatic carbocycles. The van der Waals surface area contributed by atoms with E-state index in [1.807, 2.05) is 42.5 Å². The molecule has 0 aliphatic rings. The Morgan fingerprint density at radius 3 is 1.91 bits per heavy atom. The number of oxazole rings is 1. The van der Waals surface area contributed by atoms with Gasteiger partial charge < -0.3 is 13.7 Å². The van der Waals surface area contributed by atoms with Crippen molar-refractivity contribution in [2.24, 2.45) is 0 Å². The smallest absolute Gasteiger partial charge is 0.227 e. The molecule has 0 spiro atoms. The van der Waals surface area contributed by atoms with Gasteiger partial charge in [-0.3, -0.25) is 0 Å².